The van der Waals surface area contributed by atoms with Crippen LogP contribution in [0.5, 0.6) is 0 Å². The number of anilines is 1. The average molecular weight is 387 g/mol. The molecule has 1 aromatic heterocycles. The summed E-state index contributed by atoms with van der Waals surface area (Å²) in [5, 5.41) is 12.4. The number of amides is 1. The van der Waals surface area contributed by atoms with Crippen molar-refractivity contribution >= 4 is 35.0 Å². The standard InChI is InChI=1S/C19H19ClN4OS/c1-3-14-6-4-5-7-17(14)24-12-21-23-19(24)26-11-18(25)22-16-9-8-15(20)10-13(16)2/h4-10,12H,3,11H2,1-2H3,(H,22,25). The number of carbonyl (C=O) groups excluding carboxylic acids is 1. The van der Waals surface area contributed by atoms with Gasteiger partial charge in [0.15, 0.2) is 5.16 Å². The fraction of sp³-hybridized carbons (Fsp3) is 0.211. The lowest BCUT2D eigenvalue weighted by Gasteiger charge is -2.11. The fourth-order valence-electron chi connectivity index (χ4n) is 2.62. The first-order valence-electron chi connectivity index (χ1n) is 8.25. The van der Waals surface area contributed by atoms with Gasteiger partial charge in [0.05, 0.1) is 11.4 Å². The third-order valence-corrected chi connectivity index (χ3v) is 5.12. The molecule has 0 saturated carbocycles. The highest BCUT2D eigenvalue weighted by atomic mass is 35.5. The van der Waals surface area contributed by atoms with Crippen molar-refractivity contribution in [1.29, 1.82) is 0 Å². The smallest absolute Gasteiger partial charge is 0.234 e. The summed E-state index contributed by atoms with van der Waals surface area (Å²) in [7, 11) is 0. The Balaban J connectivity index is 1.69. The Morgan fingerprint density at radius 2 is 2.08 bits per heavy atom. The van der Waals surface area contributed by atoms with E-state index in [9.17, 15) is 4.79 Å². The Labute approximate surface area is 161 Å². The highest BCUT2D eigenvalue weighted by Gasteiger charge is 2.13. The van der Waals surface area contributed by atoms with Gasteiger partial charge in [-0.05, 0) is 48.7 Å². The second-order valence-electron chi connectivity index (χ2n) is 5.76. The zero-order valence-electron chi connectivity index (χ0n) is 14.6. The molecule has 0 aliphatic carbocycles. The Hall–Kier alpha value is -2.31. The number of aryl methyl sites for hydroxylation is 2. The van der Waals surface area contributed by atoms with Gasteiger partial charge < -0.3 is 5.32 Å². The van der Waals surface area contributed by atoms with Crippen molar-refractivity contribution in [3.63, 3.8) is 0 Å². The number of thioether (sulfide) groups is 1. The van der Waals surface area contributed by atoms with Crippen molar-refractivity contribution in [2.75, 3.05) is 11.1 Å². The van der Waals surface area contributed by atoms with Gasteiger partial charge in [-0.15, -0.1) is 10.2 Å². The fourth-order valence-corrected chi connectivity index (χ4v) is 3.57. The largest absolute Gasteiger partial charge is 0.325 e. The number of halogens is 1. The Bertz CT molecular complexity index is 925. The van der Waals surface area contributed by atoms with Crippen molar-refractivity contribution in [1.82, 2.24) is 14.8 Å². The van der Waals surface area contributed by atoms with Gasteiger partial charge in [0, 0.05) is 10.7 Å². The minimum Gasteiger partial charge on any atom is -0.325 e. The third-order valence-electron chi connectivity index (χ3n) is 3.94. The minimum absolute atomic E-state index is 0.0984. The lowest BCUT2D eigenvalue weighted by Crippen LogP contribution is -2.15. The Morgan fingerprint density at radius 1 is 1.27 bits per heavy atom. The lowest BCUT2D eigenvalue weighted by atomic mass is 10.1. The molecule has 0 aliphatic rings. The quantitative estimate of drug-likeness (QED) is 0.632. The predicted molar refractivity (Wildman–Crippen MR) is 106 cm³/mol. The summed E-state index contributed by atoms with van der Waals surface area (Å²) >= 11 is 7.30. The molecule has 1 heterocycles. The van der Waals surface area contributed by atoms with Crippen molar-refractivity contribution in [2.45, 2.75) is 25.4 Å². The molecular weight excluding hydrogens is 368 g/mol. The van der Waals surface area contributed by atoms with Crippen LogP contribution in [0.25, 0.3) is 5.69 Å². The van der Waals surface area contributed by atoms with Crippen LogP contribution in [0.2, 0.25) is 5.02 Å². The first-order chi connectivity index (χ1) is 12.6. The van der Waals surface area contributed by atoms with Gasteiger partial charge in [-0.3, -0.25) is 9.36 Å². The zero-order valence-corrected chi connectivity index (χ0v) is 16.1. The Kier molecular flexibility index (Phi) is 5.96. The summed E-state index contributed by atoms with van der Waals surface area (Å²) in [5.41, 5.74) is 3.93. The molecule has 0 atom stereocenters. The number of hydrogen-bond acceptors (Lipinski definition) is 4. The summed E-state index contributed by atoms with van der Waals surface area (Å²) in [6.07, 6.45) is 2.59. The van der Waals surface area contributed by atoms with Crippen LogP contribution >= 0.6 is 23.4 Å². The number of benzene rings is 2. The van der Waals surface area contributed by atoms with E-state index in [1.165, 1.54) is 17.3 Å². The molecule has 5 nitrogen and oxygen atoms in total. The van der Waals surface area contributed by atoms with Gasteiger partial charge >= 0.3 is 0 Å². The van der Waals surface area contributed by atoms with E-state index in [1.807, 2.05) is 35.8 Å². The number of nitrogens with one attached hydrogen (secondary N) is 1. The number of rotatable bonds is 6. The second kappa shape index (κ2) is 8.38. The Morgan fingerprint density at radius 3 is 2.85 bits per heavy atom. The molecule has 3 aromatic rings. The van der Waals surface area contributed by atoms with Crippen LogP contribution in [0.4, 0.5) is 5.69 Å². The summed E-state index contributed by atoms with van der Waals surface area (Å²) in [5.74, 6) is 0.147. The molecule has 134 valence electrons. The molecule has 1 N–H and O–H groups in total. The van der Waals surface area contributed by atoms with Gasteiger partial charge in [0.25, 0.3) is 0 Å². The maximum Gasteiger partial charge on any atom is 0.234 e. The van der Waals surface area contributed by atoms with E-state index in [1.54, 1.807) is 18.5 Å². The molecule has 26 heavy (non-hydrogen) atoms. The van der Waals surface area contributed by atoms with Crippen LogP contribution < -0.4 is 5.32 Å². The van der Waals surface area contributed by atoms with Crippen LogP contribution in [-0.4, -0.2) is 26.4 Å². The van der Waals surface area contributed by atoms with Crippen LogP contribution in [0.1, 0.15) is 18.1 Å². The van der Waals surface area contributed by atoms with Gasteiger partial charge in [0.2, 0.25) is 5.91 Å². The summed E-state index contributed by atoms with van der Waals surface area (Å²) in [4.78, 5) is 12.3. The van der Waals surface area contributed by atoms with Crippen LogP contribution in [-0.2, 0) is 11.2 Å². The molecule has 0 spiro atoms. The molecule has 0 bridgehead atoms. The SMILES string of the molecule is CCc1ccccc1-n1cnnc1SCC(=O)Nc1ccc(Cl)cc1C. The highest BCUT2D eigenvalue weighted by molar-refractivity contribution is 7.99. The van der Waals surface area contributed by atoms with E-state index in [0.717, 1.165) is 23.4 Å². The highest BCUT2D eigenvalue weighted by Crippen LogP contribution is 2.23. The summed E-state index contributed by atoms with van der Waals surface area (Å²) < 4.78 is 1.92. The number of nitrogens with zero attached hydrogens (tertiary/aromatic N) is 3. The monoisotopic (exact) mass is 386 g/mol. The molecule has 1 amide bonds. The molecular formula is C19H19ClN4OS. The lowest BCUT2D eigenvalue weighted by molar-refractivity contribution is -0.113. The third kappa shape index (κ3) is 4.26. The molecule has 7 heteroatoms. The molecule has 0 saturated heterocycles. The topological polar surface area (TPSA) is 59.8 Å². The zero-order chi connectivity index (χ0) is 18.5. The summed E-state index contributed by atoms with van der Waals surface area (Å²) in [6.45, 7) is 4.02. The predicted octanol–water partition coefficient (Wildman–Crippen LogP) is 4.52. The van der Waals surface area contributed by atoms with Gasteiger partial charge in [-0.2, -0.15) is 0 Å². The number of carbonyl (C=O) groups is 1. The van der Waals surface area contributed by atoms with Crippen LogP contribution in [0.15, 0.2) is 53.9 Å². The number of aromatic nitrogens is 3. The summed E-state index contributed by atoms with van der Waals surface area (Å²) in [6, 6.07) is 13.5. The van der Waals surface area contributed by atoms with E-state index < -0.39 is 0 Å². The van der Waals surface area contributed by atoms with Crippen LogP contribution in [0, 0.1) is 6.92 Å². The van der Waals surface area contributed by atoms with Gasteiger partial charge in [-0.25, -0.2) is 0 Å². The van der Waals surface area contributed by atoms with Crippen LogP contribution in [0.3, 0.4) is 0 Å². The van der Waals surface area contributed by atoms with Crippen molar-refractivity contribution < 1.29 is 4.79 Å². The second-order valence-corrected chi connectivity index (χ2v) is 7.14. The average Bonchev–Trinajstić information content (AvgIpc) is 3.10. The van der Waals surface area contributed by atoms with Gasteiger partial charge in [-0.1, -0.05) is 48.5 Å². The maximum absolute atomic E-state index is 12.3. The molecule has 3 rings (SSSR count). The molecule has 0 unspecified atom stereocenters. The van der Waals surface area contributed by atoms with E-state index in [0.29, 0.717) is 10.2 Å². The molecule has 2 aromatic carbocycles. The van der Waals surface area contributed by atoms with E-state index in [2.05, 4.69) is 28.5 Å². The van der Waals surface area contributed by atoms with Crippen molar-refractivity contribution in [3.05, 3.63) is 64.9 Å². The normalized spacial score (nSPS) is 10.7. The minimum atomic E-state index is -0.0984. The first kappa shape index (κ1) is 18.5. The van der Waals surface area contributed by atoms with E-state index >= 15 is 0 Å². The molecule has 0 radical (unpaired) electrons. The van der Waals surface area contributed by atoms with E-state index in [-0.39, 0.29) is 11.7 Å². The van der Waals surface area contributed by atoms with Crippen molar-refractivity contribution in [3.8, 4) is 5.69 Å². The number of hydrogen-bond donors (Lipinski definition) is 1. The number of para-hydroxylation sites is 1. The maximum atomic E-state index is 12.3. The van der Waals surface area contributed by atoms with Gasteiger partial charge in [0.1, 0.15) is 6.33 Å². The van der Waals surface area contributed by atoms with Crippen molar-refractivity contribution in [2.24, 2.45) is 0 Å². The molecule has 0 aliphatic heterocycles. The first-order valence-corrected chi connectivity index (χ1v) is 9.62. The molecule has 0 fully saturated rings. The van der Waals surface area contributed by atoms with E-state index in [4.69, 9.17) is 11.6 Å².